The molecule has 1 aromatic heterocycles. The van der Waals surface area contributed by atoms with E-state index in [2.05, 4.69) is 20.9 Å². The van der Waals surface area contributed by atoms with E-state index in [0.717, 1.165) is 16.7 Å². The van der Waals surface area contributed by atoms with Crippen LogP contribution in [0.4, 0.5) is 5.82 Å². The van der Waals surface area contributed by atoms with Gasteiger partial charge in [-0.05, 0) is 34.9 Å². The van der Waals surface area contributed by atoms with E-state index in [9.17, 15) is 14.7 Å². The van der Waals surface area contributed by atoms with Crippen LogP contribution in [0.25, 0.3) is 11.1 Å². The maximum Gasteiger partial charge on any atom is 0.258 e. The van der Waals surface area contributed by atoms with Gasteiger partial charge in [0.25, 0.3) is 5.91 Å². The molecular formula is C24H25ClN4O3. The fourth-order valence-corrected chi connectivity index (χ4v) is 3.43. The fourth-order valence-electron chi connectivity index (χ4n) is 3.11. The van der Waals surface area contributed by atoms with E-state index in [1.807, 2.05) is 36.4 Å². The van der Waals surface area contributed by atoms with Gasteiger partial charge in [0.05, 0.1) is 17.2 Å². The van der Waals surface area contributed by atoms with Gasteiger partial charge in [0.2, 0.25) is 5.91 Å². The quantitative estimate of drug-likeness (QED) is 0.373. The maximum absolute atomic E-state index is 12.8. The van der Waals surface area contributed by atoms with Crippen LogP contribution in [0.5, 0.6) is 0 Å². The van der Waals surface area contributed by atoms with E-state index in [4.69, 9.17) is 11.6 Å². The van der Waals surface area contributed by atoms with Crippen molar-refractivity contribution in [2.24, 2.45) is 0 Å². The van der Waals surface area contributed by atoms with Gasteiger partial charge in [-0.1, -0.05) is 48.0 Å². The largest absolute Gasteiger partial charge is 0.392 e. The molecule has 0 radical (unpaired) electrons. The van der Waals surface area contributed by atoms with Crippen LogP contribution in [-0.2, 0) is 17.9 Å². The first-order valence-electron chi connectivity index (χ1n) is 10.2. The molecule has 7 nitrogen and oxygen atoms in total. The average molecular weight is 453 g/mol. The number of aliphatic hydroxyl groups is 1. The number of benzene rings is 2. The lowest BCUT2D eigenvalue weighted by molar-refractivity contribution is -0.118. The molecule has 2 aromatic carbocycles. The molecule has 0 unspecified atom stereocenters. The first kappa shape index (κ1) is 23.4. The number of pyridine rings is 1. The van der Waals surface area contributed by atoms with Crippen LogP contribution < -0.4 is 16.0 Å². The second-order valence-electron chi connectivity index (χ2n) is 7.19. The minimum atomic E-state index is -0.358. The summed E-state index contributed by atoms with van der Waals surface area (Å²) in [7, 11) is 0. The van der Waals surface area contributed by atoms with Gasteiger partial charge in [-0.25, -0.2) is 4.98 Å². The number of nitrogens with one attached hydrogen (secondary N) is 3. The number of aromatic nitrogens is 1. The second-order valence-corrected chi connectivity index (χ2v) is 7.57. The van der Waals surface area contributed by atoms with E-state index in [-0.39, 0.29) is 18.4 Å². The van der Waals surface area contributed by atoms with E-state index in [0.29, 0.717) is 41.6 Å². The molecule has 0 fully saturated rings. The SMILES string of the molecule is CC(=O)NCCNCc1ccc(NC(=O)c2cccc(-c3cccc(CO)c3)c2Cl)nc1. The van der Waals surface area contributed by atoms with Crippen molar-refractivity contribution >= 4 is 29.2 Å². The molecule has 3 rings (SSSR count). The third-order valence-corrected chi connectivity index (χ3v) is 5.14. The summed E-state index contributed by atoms with van der Waals surface area (Å²) in [4.78, 5) is 27.9. The van der Waals surface area contributed by atoms with Crippen molar-refractivity contribution < 1.29 is 14.7 Å². The molecule has 0 saturated carbocycles. The van der Waals surface area contributed by atoms with E-state index >= 15 is 0 Å². The van der Waals surface area contributed by atoms with Crippen LogP contribution in [0.15, 0.2) is 60.8 Å². The summed E-state index contributed by atoms with van der Waals surface area (Å²) in [5.74, 6) is 0.00229. The highest BCUT2D eigenvalue weighted by atomic mass is 35.5. The fraction of sp³-hybridized carbons (Fsp3) is 0.208. The van der Waals surface area contributed by atoms with Gasteiger partial charge in [-0.15, -0.1) is 0 Å². The standard InChI is InChI=1S/C24H25ClN4O3/c1-16(31)27-11-10-26-13-18-8-9-22(28-14-18)29-24(32)21-7-3-6-20(23(21)25)19-5-2-4-17(12-19)15-30/h2-9,12,14,26,30H,10-11,13,15H2,1H3,(H,27,31)(H,28,29,32). The van der Waals surface area contributed by atoms with Crippen LogP contribution in [-0.4, -0.2) is 35.0 Å². The number of hydrogen-bond acceptors (Lipinski definition) is 5. The zero-order valence-electron chi connectivity index (χ0n) is 17.7. The molecule has 0 bridgehead atoms. The number of aliphatic hydroxyl groups excluding tert-OH is 1. The van der Waals surface area contributed by atoms with Gasteiger partial charge in [0, 0.05) is 38.3 Å². The number of rotatable bonds is 9. The summed E-state index contributed by atoms with van der Waals surface area (Å²) in [6.07, 6.45) is 1.68. The lowest BCUT2D eigenvalue weighted by atomic mass is 10.0. The molecule has 166 valence electrons. The monoisotopic (exact) mass is 452 g/mol. The molecule has 0 atom stereocenters. The van der Waals surface area contributed by atoms with Crippen molar-refractivity contribution in [2.75, 3.05) is 18.4 Å². The smallest absolute Gasteiger partial charge is 0.258 e. The van der Waals surface area contributed by atoms with Gasteiger partial charge in [0.1, 0.15) is 5.82 Å². The van der Waals surface area contributed by atoms with Crippen molar-refractivity contribution in [3.05, 3.63) is 82.5 Å². The topological polar surface area (TPSA) is 103 Å². The number of anilines is 1. The van der Waals surface area contributed by atoms with Crippen molar-refractivity contribution in [2.45, 2.75) is 20.1 Å². The zero-order valence-corrected chi connectivity index (χ0v) is 18.4. The van der Waals surface area contributed by atoms with Gasteiger partial charge in [0.15, 0.2) is 0 Å². The summed E-state index contributed by atoms with van der Waals surface area (Å²) in [5, 5.41) is 18.4. The normalized spacial score (nSPS) is 10.6. The Kier molecular flexibility index (Phi) is 8.33. The highest BCUT2D eigenvalue weighted by Crippen LogP contribution is 2.31. The molecule has 1 heterocycles. The zero-order chi connectivity index (χ0) is 22.9. The van der Waals surface area contributed by atoms with Crippen LogP contribution >= 0.6 is 11.6 Å². The van der Waals surface area contributed by atoms with Crippen LogP contribution in [0.1, 0.15) is 28.4 Å². The Morgan fingerprint density at radius 1 is 1.03 bits per heavy atom. The maximum atomic E-state index is 12.8. The Hall–Kier alpha value is -3.26. The number of amides is 2. The summed E-state index contributed by atoms with van der Waals surface area (Å²) in [5.41, 5.74) is 3.59. The molecule has 4 N–H and O–H groups in total. The summed E-state index contributed by atoms with van der Waals surface area (Å²) < 4.78 is 0. The highest BCUT2D eigenvalue weighted by Gasteiger charge is 2.15. The number of nitrogens with zero attached hydrogens (tertiary/aromatic N) is 1. The van der Waals surface area contributed by atoms with Crippen molar-refractivity contribution in [1.29, 1.82) is 0 Å². The summed E-state index contributed by atoms with van der Waals surface area (Å²) in [6, 6.07) is 16.2. The third-order valence-electron chi connectivity index (χ3n) is 4.74. The Bertz CT molecular complexity index is 1090. The van der Waals surface area contributed by atoms with E-state index in [1.165, 1.54) is 6.92 Å². The molecule has 0 spiro atoms. The molecule has 2 amide bonds. The van der Waals surface area contributed by atoms with Crippen molar-refractivity contribution in [1.82, 2.24) is 15.6 Å². The highest BCUT2D eigenvalue weighted by molar-refractivity contribution is 6.37. The Labute approximate surface area is 191 Å². The molecule has 0 saturated heterocycles. The Balaban J connectivity index is 1.64. The van der Waals surface area contributed by atoms with Crippen molar-refractivity contribution in [3.63, 3.8) is 0 Å². The van der Waals surface area contributed by atoms with E-state index < -0.39 is 0 Å². The Morgan fingerprint density at radius 2 is 1.84 bits per heavy atom. The molecule has 0 aliphatic carbocycles. The number of halogens is 1. The average Bonchev–Trinajstić information content (AvgIpc) is 2.80. The molecule has 8 heteroatoms. The summed E-state index contributed by atoms with van der Waals surface area (Å²) in [6.45, 7) is 3.21. The van der Waals surface area contributed by atoms with Crippen molar-refractivity contribution in [3.8, 4) is 11.1 Å². The molecule has 0 aliphatic rings. The second kappa shape index (κ2) is 11.4. The lowest BCUT2D eigenvalue weighted by Gasteiger charge is -2.11. The Morgan fingerprint density at radius 3 is 2.56 bits per heavy atom. The molecule has 32 heavy (non-hydrogen) atoms. The molecular weight excluding hydrogens is 428 g/mol. The van der Waals surface area contributed by atoms with Gasteiger partial charge < -0.3 is 21.1 Å². The molecule has 3 aromatic rings. The first-order chi connectivity index (χ1) is 15.5. The summed E-state index contributed by atoms with van der Waals surface area (Å²) >= 11 is 6.55. The van der Waals surface area contributed by atoms with Crippen LogP contribution in [0, 0.1) is 0 Å². The number of carbonyl (C=O) groups is 2. The first-order valence-corrected chi connectivity index (χ1v) is 10.6. The minimum absolute atomic E-state index is 0.0575. The van der Waals surface area contributed by atoms with Gasteiger partial charge in [-0.2, -0.15) is 0 Å². The lowest BCUT2D eigenvalue weighted by Crippen LogP contribution is -2.29. The predicted molar refractivity (Wildman–Crippen MR) is 125 cm³/mol. The number of hydrogen-bond donors (Lipinski definition) is 4. The predicted octanol–water partition coefficient (Wildman–Crippen LogP) is 3.37. The third kappa shape index (κ3) is 6.37. The number of carbonyl (C=O) groups excluding carboxylic acids is 2. The van der Waals surface area contributed by atoms with E-state index in [1.54, 1.807) is 24.4 Å². The van der Waals surface area contributed by atoms with Crippen LogP contribution in [0.2, 0.25) is 5.02 Å². The van der Waals surface area contributed by atoms with Crippen LogP contribution in [0.3, 0.4) is 0 Å². The minimum Gasteiger partial charge on any atom is -0.392 e. The van der Waals surface area contributed by atoms with Gasteiger partial charge in [-0.3, -0.25) is 9.59 Å². The molecule has 0 aliphatic heterocycles. The van der Waals surface area contributed by atoms with Gasteiger partial charge >= 0.3 is 0 Å².